The third kappa shape index (κ3) is 5.28. The number of urea groups is 1. The van der Waals surface area contributed by atoms with E-state index in [0.717, 1.165) is 12.0 Å². The number of aromatic nitrogens is 1. The van der Waals surface area contributed by atoms with Gasteiger partial charge in [0, 0.05) is 12.7 Å². The molecule has 0 unspecified atom stereocenters. The van der Waals surface area contributed by atoms with E-state index < -0.39 is 0 Å². The Bertz CT molecular complexity index is 367. The maximum Gasteiger partial charge on any atom is 0.319 e. The van der Waals surface area contributed by atoms with E-state index in [1.54, 1.807) is 12.4 Å². The molecule has 6 N–H and O–H groups in total. The molecule has 1 aromatic rings. The molecular weight excluding hydrogens is 218 g/mol. The number of anilines is 1. The summed E-state index contributed by atoms with van der Waals surface area (Å²) < 4.78 is 0. The predicted molar refractivity (Wildman–Crippen MR) is 67.4 cm³/mol. The van der Waals surface area contributed by atoms with Crippen LogP contribution in [0.2, 0.25) is 0 Å². The van der Waals surface area contributed by atoms with Gasteiger partial charge in [-0.15, -0.1) is 0 Å². The van der Waals surface area contributed by atoms with Crippen LogP contribution in [0.1, 0.15) is 18.4 Å². The summed E-state index contributed by atoms with van der Waals surface area (Å²) in [6.07, 6.45) is 4.43. The zero-order valence-corrected chi connectivity index (χ0v) is 9.94. The van der Waals surface area contributed by atoms with Crippen molar-refractivity contribution < 1.29 is 4.79 Å². The van der Waals surface area contributed by atoms with E-state index in [2.05, 4.69) is 15.6 Å². The summed E-state index contributed by atoms with van der Waals surface area (Å²) >= 11 is 0. The number of nitrogens with zero attached hydrogens (tertiary/aromatic N) is 1. The molecular formula is C11H19N5O. The van der Waals surface area contributed by atoms with Crippen molar-refractivity contribution in [3.05, 3.63) is 24.0 Å². The molecule has 0 aliphatic carbocycles. The van der Waals surface area contributed by atoms with E-state index in [4.69, 9.17) is 11.5 Å². The Labute approximate surface area is 101 Å². The molecule has 0 radical (unpaired) electrons. The van der Waals surface area contributed by atoms with Gasteiger partial charge in [-0.3, -0.25) is 4.98 Å². The van der Waals surface area contributed by atoms with Crippen LogP contribution in [0.15, 0.2) is 18.5 Å². The van der Waals surface area contributed by atoms with E-state index in [0.29, 0.717) is 18.7 Å². The van der Waals surface area contributed by atoms with Crippen LogP contribution in [0.25, 0.3) is 0 Å². The first-order valence-electron chi connectivity index (χ1n) is 5.56. The second-order valence-electron chi connectivity index (χ2n) is 3.88. The lowest BCUT2D eigenvalue weighted by atomic mass is 10.2. The van der Waals surface area contributed by atoms with Gasteiger partial charge in [0.2, 0.25) is 0 Å². The molecule has 17 heavy (non-hydrogen) atoms. The fraction of sp³-hybridized carbons (Fsp3) is 0.455. The zero-order chi connectivity index (χ0) is 12.7. The lowest BCUT2D eigenvalue weighted by Gasteiger charge is -2.09. The number of carbonyl (C=O) groups excluding carboxylic acids is 1. The minimum Gasteiger partial charge on any atom is -0.338 e. The monoisotopic (exact) mass is 237 g/mol. The maximum atomic E-state index is 11.5. The normalized spacial score (nSPS) is 10.4. The van der Waals surface area contributed by atoms with Crippen LogP contribution >= 0.6 is 0 Å². The number of pyridine rings is 1. The highest BCUT2D eigenvalue weighted by Crippen LogP contribution is 2.10. The van der Waals surface area contributed by atoms with Gasteiger partial charge in [-0.25, -0.2) is 4.79 Å². The summed E-state index contributed by atoms with van der Waals surface area (Å²) in [6, 6.07) is 1.59. The summed E-state index contributed by atoms with van der Waals surface area (Å²) in [6.45, 7) is 2.46. The zero-order valence-electron chi connectivity index (χ0n) is 9.94. The predicted octanol–water partition coefficient (Wildman–Crippen LogP) is 0.535. The van der Waals surface area contributed by atoms with Crippen molar-refractivity contribution in [3.63, 3.8) is 0 Å². The Kier molecular flexibility index (Phi) is 5.38. The highest BCUT2D eigenvalue weighted by molar-refractivity contribution is 5.89. The second-order valence-corrected chi connectivity index (χ2v) is 3.88. The maximum absolute atomic E-state index is 11.5. The van der Waals surface area contributed by atoms with E-state index in [-0.39, 0.29) is 12.2 Å². The Hall–Kier alpha value is -1.66. The molecule has 6 nitrogen and oxygen atoms in total. The molecule has 0 aliphatic heterocycles. The summed E-state index contributed by atoms with van der Waals surface area (Å²) in [5.74, 6) is 0. The number of nitrogens with one attached hydrogen (secondary N) is 2. The quantitative estimate of drug-likeness (QED) is 0.443. The number of nitrogens with two attached hydrogens (primary N) is 2. The fourth-order valence-corrected chi connectivity index (χ4v) is 1.30. The van der Waals surface area contributed by atoms with Crippen molar-refractivity contribution in [2.75, 3.05) is 11.9 Å². The topological polar surface area (TPSA) is 106 Å². The standard InChI is InChI=1S/C11H19N5O/c1-8-4-6-14-7-9(8)16-11(17)15-5-2-3-10(12)13/h4,6-7,10H,2-3,5,12-13H2,1H3,(H2,15,16,17). The van der Waals surface area contributed by atoms with Gasteiger partial charge < -0.3 is 22.1 Å². The lowest BCUT2D eigenvalue weighted by Crippen LogP contribution is -2.33. The second kappa shape index (κ2) is 6.82. The first kappa shape index (κ1) is 13.4. The smallest absolute Gasteiger partial charge is 0.319 e. The average molecular weight is 237 g/mol. The highest BCUT2D eigenvalue weighted by atomic mass is 16.2. The highest BCUT2D eigenvalue weighted by Gasteiger charge is 2.03. The third-order valence-electron chi connectivity index (χ3n) is 2.29. The van der Waals surface area contributed by atoms with Crippen LogP contribution in [-0.2, 0) is 0 Å². The molecule has 1 aromatic heterocycles. The number of rotatable bonds is 5. The number of amides is 2. The van der Waals surface area contributed by atoms with Crippen LogP contribution in [0.5, 0.6) is 0 Å². The van der Waals surface area contributed by atoms with Gasteiger partial charge in [0.05, 0.1) is 18.1 Å². The number of carbonyl (C=O) groups is 1. The van der Waals surface area contributed by atoms with Crippen molar-refractivity contribution in [3.8, 4) is 0 Å². The number of hydrogen-bond donors (Lipinski definition) is 4. The van der Waals surface area contributed by atoms with Gasteiger partial charge in [0.25, 0.3) is 0 Å². The Balaban J connectivity index is 2.28. The summed E-state index contributed by atoms with van der Waals surface area (Å²) in [7, 11) is 0. The van der Waals surface area contributed by atoms with Gasteiger partial charge in [0.15, 0.2) is 0 Å². The molecule has 6 heteroatoms. The molecule has 0 spiro atoms. The largest absolute Gasteiger partial charge is 0.338 e. The van der Waals surface area contributed by atoms with Crippen LogP contribution in [0, 0.1) is 6.92 Å². The number of aryl methyl sites for hydroxylation is 1. The number of hydrogen-bond acceptors (Lipinski definition) is 4. The summed E-state index contributed by atoms with van der Waals surface area (Å²) in [4.78, 5) is 15.4. The first-order valence-corrected chi connectivity index (χ1v) is 5.56. The summed E-state index contributed by atoms with van der Waals surface area (Å²) in [5, 5.41) is 5.45. The van der Waals surface area contributed by atoms with Crippen molar-refractivity contribution >= 4 is 11.7 Å². The van der Waals surface area contributed by atoms with E-state index in [1.165, 1.54) is 0 Å². The van der Waals surface area contributed by atoms with Crippen molar-refractivity contribution in [2.24, 2.45) is 11.5 Å². The van der Waals surface area contributed by atoms with E-state index in [9.17, 15) is 4.79 Å². The van der Waals surface area contributed by atoms with Crippen LogP contribution in [0.4, 0.5) is 10.5 Å². The molecule has 1 rings (SSSR count). The fourth-order valence-electron chi connectivity index (χ4n) is 1.30. The van der Waals surface area contributed by atoms with Gasteiger partial charge in [-0.2, -0.15) is 0 Å². The third-order valence-corrected chi connectivity index (χ3v) is 2.29. The minimum atomic E-state index is -0.319. The van der Waals surface area contributed by atoms with Crippen LogP contribution < -0.4 is 22.1 Å². The minimum absolute atomic E-state index is 0.244. The molecule has 94 valence electrons. The van der Waals surface area contributed by atoms with Crippen LogP contribution in [-0.4, -0.2) is 23.7 Å². The molecule has 0 fully saturated rings. The molecule has 0 atom stereocenters. The molecule has 0 saturated carbocycles. The molecule has 0 bridgehead atoms. The van der Waals surface area contributed by atoms with Crippen LogP contribution in [0.3, 0.4) is 0 Å². The van der Waals surface area contributed by atoms with Crippen molar-refractivity contribution in [1.82, 2.24) is 10.3 Å². The molecule has 1 heterocycles. The average Bonchev–Trinajstić information content (AvgIpc) is 2.27. The summed E-state index contributed by atoms with van der Waals surface area (Å²) in [5.41, 5.74) is 12.5. The Morgan fingerprint density at radius 3 is 2.94 bits per heavy atom. The molecule has 0 aliphatic rings. The van der Waals surface area contributed by atoms with E-state index >= 15 is 0 Å². The van der Waals surface area contributed by atoms with Gasteiger partial charge in [-0.1, -0.05) is 0 Å². The Morgan fingerprint density at radius 2 is 2.29 bits per heavy atom. The molecule has 0 saturated heterocycles. The van der Waals surface area contributed by atoms with Gasteiger partial charge in [-0.05, 0) is 31.4 Å². The first-order chi connectivity index (χ1) is 8.09. The van der Waals surface area contributed by atoms with Gasteiger partial charge >= 0.3 is 6.03 Å². The molecule has 0 aromatic carbocycles. The lowest BCUT2D eigenvalue weighted by molar-refractivity contribution is 0.252. The van der Waals surface area contributed by atoms with E-state index in [1.807, 2.05) is 13.0 Å². The van der Waals surface area contributed by atoms with Crippen molar-refractivity contribution in [1.29, 1.82) is 0 Å². The molecule has 2 amide bonds. The van der Waals surface area contributed by atoms with Crippen molar-refractivity contribution in [2.45, 2.75) is 25.9 Å². The Morgan fingerprint density at radius 1 is 1.53 bits per heavy atom. The SMILES string of the molecule is Cc1ccncc1NC(=O)NCCCC(N)N. The van der Waals surface area contributed by atoms with Gasteiger partial charge in [0.1, 0.15) is 0 Å².